The summed E-state index contributed by atoms with van der Waals surface area (Å²) in [5.74, 6) is -0.300. The normalized spacial score (nSPS) is 15.2. The fourth-order valence-electron chi connectivity index (χ4n) is 3.23. The van der Waals surface area contributed by atoms with Crippen LogP contribution in [0.2, 0.25) is 5.02 Å². The molecule has 0 aromatic heterocycles. The van der Waals surface area contributed by atoms with E-state index in [1.807, 2.05) is 4.90 Å². The molecule has 2 nitrogen and oxygen atoms in total. The minimum atomic E-state index is -0.249. The van der Waals surface area contributed by atoms with Crippen molar-refractivity contribution in [1.29, 1.82) is 0 Å². The van der Waals surface area contributed by atoms with Gasteiger partial charge in [0.15, 0.2) is 0 Å². The molecule has 0 heterocycles. The van der Waals surface area contributed by atoms with E-state index in [1.165, 1.54) is 12.5 Å². The summed E-state index contributed by atoms with van der Waals surface area (Å²) in [6.45, 7) is 0. The molecule has 0 saturated heterocycles. The van der Waals surface area contributed by atoms with Gasteiger partial charge in [0.1, 0.15) is 0 Å². The number of benzene rings is 2. The number of hydrogen-bond donors (Lipinski definition) is 0. The molecule has 0 unspecified atom stereocenters. The van der Waals surface area contributed by atoms with Crippen molar-refractivity contribution in [3.8, 4) is 0 Å². The van der Waals surface area contributed by atoms with E-state index < -0.39 is 0 Å². The monoisotopic (exact) mass is 378 g/mol. The quantitative estimate of drug-likeness (QED) is 0.713. The number of carbonyl (C=O) groups is 1. The predicted octanol–water partition coefficient (Wildman–Crippen LogP) is 4.63. The molecular formula is C19H18ClFNOTi. The number of rotatable bonds is 3. The van der Waals surface area contributed by atoms with E-state index in [-0.39, 0.29) is 17.8 Å². The summed E-state index contributed by atoms with van der Waals surface area (Å²) in [6, 6.07) is 12.0. The van der Waals surface area contributed by atoms with Crippen LogP contribution >= 0.6 is 11.6 Å². The Balaban J connectivity index is 1.98. The Kier molecular flexibility index (Phi) is 5.75. The second-order valence-electron chi connectivity index (χ2n) is 6.14. The third-order valence-electron chi connectivity index (χ3n) is 4.48. The molecule has 1 aliphatic rings. The fourth-order valence-corrected chi connectivity index (χ4v) is 3.71. The Bertz CT molecular complexity index is 729. The summed E-state index contributed by atoms with van der Waals surface area (Å²) in [4.78, 5) is 15.0. The standard InChI is InChI=1S/C19H18ClFNO.Ti/c20-15-8-6-14(7-9-15)19(23)22(17-4-2-1-3-5-17)18-12-10-16(21)11-13-18;/h6-10,12-13,17H,1-5H2;. The Hall–Kier alpha value is -1.16. The van der Waals surface area contributed by atoms with E-state index in [1.54, 1.807) is 56.8 Å². The van der Waals surface area contributed by atoms with Crippen molar-refractivity contribution in [2.24, 2.45) is 0 Å². The predicted molar refractivity (Wildman–Crippen MR) is 91.2 cm³/mol. The van der Waals surface area contributed by atoms with Crippen LogP contribution in [0.25, 0.3) is 0 Å². The van der Waals surface area contributed by atoms with Crippen LogP contribution in [0.3, 0.4) is 0 Å². The summed E-state index contributed by atoms with van der Waals surface area (Å²) in [5.41, 5.74) is 1.37. The molecule has 0 atom stereocenters. The zero-order valence-corrected chi connectivity index (χ0v) is 15.6. The van der Waals surface area contributed by atoms with Crippen molar-refractivity contribution in [3.63, 3.8) is 0 Å². The first kappa shape index (κ1) is 17.7. The molecular weight excluding hydrogens is 361 g/mol. The van der Waals surface area contributed by atoms with E-state index in [0.717, 1.165) is 31.4 Å². The van der Waals surface area contributed by atoms with Crippen LogP contribution in [-0.4, -0.2) is 11.9 Å². The third-order valence-corrected chi connectivity index (χ3v) is 5.33. The van der Waals surface area contributed by atoms with Gasteiger partial charge in [-0.1, -0.05) is 0 Å². The third kappa shape index (κ3) is 3.91. The second-order valence-corrected chi connectivity index (χ2v) is 7.42. The van der Waals surface area contributed by atoms with Crippen molar-refractivity contribution in [3.05, 3.63) is 58.9 Å². The Morgan fingerprint density at radius 2 is 1.75 bits per heavy atom. The summed E-state index contributed by atoms with van der Waals surface area (Å²) >= 11 is 7.66. The van der Waals surface area contributed by atoms with E-state index in [4.69, 9.17) is 11.6 Å². The van der Waals surface area contributed by atoms with Gasteiger partial charge in [0.2, 0.25) is 0 Å². The number of amides is 1. The molecule has 0 bridgehead atoms. The van der Waals surface area contributed by atoms with Gasteiger partial charge >= 0.3 is 159 Å². The summed E-state index contributed by atoms with van der Waals surface area (Å²) in [7, 11) is 0. The zero-order chi connectivity index (χ0) is 17.1. The van der Waals surface area contributed by atoms with Crippen LogP contribution in [0.15, 0.2) is 42.5 Å². The fraction of sp³-hybridized carbons (Fsp3) is 0.316. The molecule has 5 heteroatoms. The van der Waals surface area contributed by atoms with Crippen molar-refractivity contribution in [1.82, 2.24) is 0 Å². The van der Waals surface area contributed by atoms with Crippen LogP contribution in [0, 0.1) is 5.82 Å². The number of carbonyl (C=O) groups excluding carboxylic acids is 1. The molecule has 0 aliphatic heterocycles. The van der Waals surface area contributed by atoms with Crippen molar-refractivity contribution < 1.29 is 29.6 Å². The average Bonchev–Trinajstić information content (AvgIpc) is 2.60. The minimum absolute atomic E-state index is 0.0513. The topological polar surface area (TPSA) is 20.3 Å². The summed E-state index contributed by atoms with van der Waals surface area (Å²) in [5, 5.41) is 0.605. The van der Waals surface area contributed by atoms with Crippen LogP contribution < -0.4 is 8.77 Å². The number of halogens is 2. The van der Waals surface area contributed by atoms with Gasteiger partial charge in [-0.2, -0.15) is 0 Å². The van der Waals surface area contributed by atoms with Gasteiger partial charge in [0.05, 0.1) is 0 Å². The molecule has 3 rings (SSSR count). The van der Waals surface area contributed by atoms with Gasteiger partial charge in [-0.25, -0.2) is 0 Å². The van der Waals surface area contributed by atoms with E-state index in [2.05, 4.69) is 0 Å². The zero-order valence-electron chi connectivity index (χ0n) is 13.3. The van der Waals surface area contributed by atoms with Gasteiger partial charge in [-0.3, -0.25) is 0 Å². The molecule has 2 aromatic rings. The first-order valence-corrected chi connectivity index (χ1v) is 9.32. The molecule has 123 valence electrons. The molecule has 0 N–H and O–H groups in total. The molecule has 2 aromatic carbocycles. The van der Waals surface area contributed by atoms with E-state index in [0.29, 0.717) is 14.5 Å². The maximum absolute atomic E-state index is 13.7. The molecule has 0 radical (unpaired) electrons. The molecule has 0 spiro atoms. The summed E-state index contributed by atoms with van der Waals surface area (Å²) in [6.07, 6.45) is 5.41. The van der Waals surface area contributed by atoms with Crippen LogP contribution in [0.1, 0.15) is 42.5 Å². The molecule has 1 aliphatic carbocycles. The molecule has 24 heavy (non-hydrogen) atoms. The Morgan fingerprint density at radius 1 is 1.08 bits per heavy atom. The number of hydrogen-bond acceptors (Lipinski definition) is 1. The van der Waals surface area contributed by atoms with Crippen LogP contribution in [0.5, 0.6) is 0 Å². The van der Waals surface area contributed by atoms with Crippen LogP contribution in [-0.2, 0) is 20.4 Å². The molecule has 1 fully saturated rings. The molecule has 1 amide bonds. The van der Waals surface area contributed by atoms with Gasteiger partial charge in [0.25, 0.3) is 0 Å². The first-order valence-electron chi connectivity index (χ1n) is 8.16. The number of nitrogens with zero attached hydrogens (tertiary/aromatic N) is 1. The maximum atomic E-state index is 13.7. The second kappa shape index (κ2) is 7.82. The van der Waals surface area contributed by atoms with E-state index >= 15 is 0 Å². The van der Waals surface area contributed by atoms with Gasteiger partial charge < -0.3 is 0 Å². The van der Waals surface area contributed by atoms with Crippen LogP contribution in [0.4, 0.5) is 10.1 Å². The summed E-state index contributed by atoms with van der Waals surface area (Å²) < 4.78 is 14.2. The number of anilines is 1. The average molecular weight is 379 g/mol. The Labute approximate surface area is 158 Å². The molecule has 1 saturated carbocycles. The van der Waals surface area contributed by atoms with E-state index in [9.17, 15) is 9.18 Å². The van der Waals surface area contributed by atoms with Gasteiger partial charge in [-0.05, 0) is 0 Å². The van der Waals surface area contributed by atoms with Gasteiger partial charge in [0, 0.05) is 0 Å². The van der Waals surface area contributed by atoms with Gasteiger partial charge in [-0.15, -0.1) is 0 Å². The van der Waals surface area contributed by atoms with Crippen molar-refractivity contribution in [2.45, 2.75) is 38.1 Å². The van der Waals surface area contributed by atoms with Crippen molar-refractivity contribution >= 4 is 27.1 Å². The Morgan fingerprint density at radius 3 is 2.38 bits per heavy atom. The SMILES string of the molecule is O=C(c1ccc(Cl)cc1)N(c1ccc(F)[c]([Ti])c1)C1CCCCC1. The van der Waals surface area contributed by atoms with Crippen molar-refractivity contribution in [2.75, 3.05) is 4.90 Å². The first-order chi connectivity index (χ1) is 11.6.